The zero-order valence-electron chi connectivity index (χ0n) is 17.4. The van der Waals surface area contributed by atoms with E-state index in [9.17, 15) is 0 Å². The van der Waals surface area contributed by atoms with Crippen LogP contribution in [0.4, 0.5) is 11.4 Å². The molecule has 0 spiro atoms. The van der Waals surface area contributed by atoms with Crippen molar-refractivity contribution in [2.75, 3.05) is 5.32 Å². The molecule has 2 aromatic carbocycles. The molecule has 0 heterocycles. The fourth-order valence-electron chi connectivity index (χ4n) is 3.18. The Hall–Kier alpha value is -3.13. The maximum atomic E-state index is 4.82. The maximum Gasteiger partial charge on any atom is 0.0777 e. The van der Waals surface area contributed by atoms with Gasteiger partial charge in [-0.1, -0.05) is 88.2 Å². The van der Waals surface area contributed by atoms with E-state index in [1.54, 1.807) is 0 Å². The average Bonchev–Trinajstić information content (AvgIpc) is 2.67. The van der Waals surface area contributed by atoms with Crippen LogP contribution in [0, 0.1) is 0 Å². The van der Waals surface area contributed by atoms with E-state index in [0.29, 0.717) is 5.92 Å². The fourth-order valence-corrected chi connectivity index (χ4v) is 3.18. The third kappa shape index (κ3) is 4.98. The lowest BCUT2D eigenvalue weighted by Crippen LogP contribution is -2.04. The maximum absolute atomic E-state index is 4.82. The molecule has 0 amide bonds. The standard InChI is InChI=1S/C26H30N2/c1-8-21-13-11-14-22(9-2)25(21)27-19(6)17-20(7)28-26-23(10-3)15-12-16-24(26)18(4)5/h8-18,28H,1-3H2,4-7H3/b20-17-,27-19+. The van der Waals surface area contributed by atoms with Crippen LogP contribution in [0.15, 0.2) is 72.9 Å². The molecule has 0 radical (unpaired) electrons. The van der Waals surface area contributed by atoms with E-state index < -0.39 is 0 Å². The highest BCUT2D eigenvalue weighted by Crippen LogP contribution is 2.30. The highest BCUT2D eigenvalue weighted by atomic mass is 14.9. The number of hydrogen-bond donors (Lipinski definition) is 1. The van der Waals surface area contributed by atoms with E-state index >= 15 is 0 Å². The molecular weight excluding hydrogens is 340 g/mol. The number of aliphatic imine (C=N–C) groups is 1. The Balaban J connectivity index is 2.40. The number of hydrogen-bond acceptors (Lipinski definition) is 2. The van der Waals surface area contributed by atoms with Gasteiger partial charge in [-0.05, 0) is 37.0 Å². The molecule has 0 aliphatic rings. The summed E-state index contributed by atoms with van der Waals surface area (Å²) < 4.78 is 0. The van der Waals surface area contributed by atoms with Crippen LogP contribution in [0.1, 0.15) is 55.9 Å². The van der Waals surface area contributed by atoms with E-state index in [2.05, 4.69) is 70.1 Å². The van der Waals surface area contributed by atoms with E-state index in [4.69, 9.17) is 4.99 Å². The minimum Gasteiger partial charge on any atom is -0.358 e. The van der Waals surface area contributed by atoms with E-state index in [1.807, 2.05) is 43.4 Å². The SMILES string of the molecule is C=Cc1cccc(C=C)c1/N=C(C)/C=C(/C)Nc1c(C=C)cccc1C(C)C. The Bertz CT molecular complexity index is 917. The Labute approximate surface area is 169 Å². The third-order valence-electron chi connectivity index (χ3n) is 4.54. The van der Waals surface area contributed by atoms with Crippen molar-refractivity contribution in [3.8, 4) is 0 Å². The molecule has 2 rings (SSSR count). The molecule has 0 fully saturated rings. The van der Waals surface area contributed by atoms with Crippen LogP contribution >= 0.6 is 0 Å². The zero-order chi connectivity index (χ0) is 20.7. The van der Waals surface area contributed by atoms with E-state index in [1.165, 1.54) is 5.56 Å². The Morgan fingerprint density at radius 2 is 1.43 bits per heavy atom. The summed E-state index contributed by atoms with van der Waals surface area (Å²) in [5, 5.41) is 3.55. The van der Waals surface area contributed by atoms with Gasteiger partial charge in [0, 0.05) is 28.2 Å². The number of allylic oxidation sites excluding steroid dienone is 2. The molecule has 0 bridgehead atoms. The summed E-state index contributed by atoms with van der Waals surface area (Å²) >= 11 is 0. The number of nitrogens with zero attached hydrogens (tertiary/aromatic N) is 1. The highest BCUT2D eigenvalue weighted by Gasteiger charge is 2.10. The summed E-state index contributed by atoms with van der Waals surface area (Å²) in [6.45, 7) is 20.2. The van der Waals surface area contributed by atoms with Crippen LogP contribution < -0.4 is 5.32 Å². The normalized spacial score (nSPS) is 12.0. The third-order valence-corrected chi connectivity index (χ3v) is 4.54. The smallest absolute Gasteiger partial charge is 0.0777 e. The molecule has 144 valence electrons. The van der Waals surface area contributed by atoms with Crippen molar-refractivity contribution in [1.29, 1.82) is 0 Å². The second kappa shape index (κ2) is 9.70. The Morgan fingerprint density at radius 3 is 1.96 bits per heavy atom. The lowest BCUT2D eigenvalue weighted by atomic mass is 9.97. The van der Waals surface area contributed by atoms with E-state index in [0.717, 1.165) is 39.5 Å². The molecule has 2 heteroatoms. The molecule has 0 saturated carbocycles. The summed E-state index contributed by atoms with van der Waals surface area (Å²) in [6.07, 6.45) is 7.59. The van der Waals surface area contributed by atoms with Crippen molar-refractivity contribution in [2.45, 2.75) is 33.6 Å². The minimum atomic E-state index is 0.416. The number of anilines is 1. The quantitative estimate of drug-likeness (QED) is 0.470. The summed E-state index contributed by atoms with van der Waals surface area (Å²) in [5.74, 6) is 0.416. The largest absolute Gasteiger partial charge is 0.358 e. The van der Waals surface area contributed by atoms with Crippen molar-refractivity contribution < 1.29 is 0 Å². The van der Waals surface area contributed by atoms with Crippen molar-refractivity contribution in [3.05, 3.63) is 90.2 Å². The zero-order valence-corrected chi connectivity index (χ0v) is 17.4. The van der Waals surface area contributed by atoms with Crippen LogP contribution in [0.3, 0.4) is 0 Å². The van der Waals surface area contributed by atoms with Gasteiger partial charge < -0.3 is 5.32 Å². The predicted octanol–water partition coefficient (Wildman–Crippen LogP) is 7.85. The summed E-state index contributed by atoms with van der Waals surface area (Å²) in [6, 6.07) is 12.3. The summed E-state index contributed by atoms with van der Waals surface area (Å²) in [4.78, 5) is 4.82. The number of rotatable bonds is 8. The van der Waals surface area contributed by atoms with E-state index in [-0.39, 0.29) is 0 Å². The Morgan fingerprint density at radius 1 is 0.893 bits per heavy atom. The van der Waals surface area contributed by atoms with Crippen molar-refractivity contribution >= 4 is 35.3 Å². The van der Waals surface area contributed by atoms with Gasteiger partial charge in [0.15, 0.2) is 0 Å². The molecule has 0 aliphatic heterocycles. The first kappa shape index (κ1) is 21.2. The summed E-state index contributed by atoms with van der Waals surface area (Å²) in [7, 11) is 0. The number of para-hydroxylation sites is 2. The van der Waals surface area contributed by atoms with Crippen LogP contribution in [0.5, 0.6) is 0 Å². The molecule has 2 nitrogen and oxygen atoms in total. The molecule has 0 unspecified atom stereocenters. The molecule has 2 aromatic rings. The van der Waals surface area contributed by atoms with Crippen LogP contribution in [-0.4, -0.2) is 5.71 Å². The van der Waals surface area contributed by atoms with Gasteiger partial charge in [0.05, 0.1) is 5.69 Å². The molecule has 0 aliphatic carbocycles. The van der Waals surface area contributed by atoms with Crippen molar-refractivity contribution in [1.82, 2.24) is 0 Å². The average molecular weight is 371 g/mol. The van der Waals surface area contributed by atoms with Gasteiger partial charge in [0.2, 0.25) is 0 Å². The second-order valence-electron chi connectivity index (χ2n) is 7.07. The van der Waals surface area contributed by atoms with Gasteiger partial charge in [0.25, 0.3) is 0 Å². The first-order chi connectivity index (χ1) is 13.4. The lowest BCUT2D eigenvalue weighted by Gasteiger charge is -2.18. The first-order valence-corrected chi connectivity index (χ1v) is 9.55. The Kier molecular flexibility index (Phi) is 7.34. The van der Waals surface area contributed by atoms with Crippen LogP contribution in [0.25, 0.3) is 18.2 Å². The fraction of sp³-hybridized carbons (Fsp3) is 0.192. The second-order valence-corrected chi connectivity index (χ2v) is 7.07. The van der Waals surface area contributed by atoms with Gasteiger partial charge in [-0.25, -0.2) is 0 Å². The topological polar surface area (TPSA) is 24.4 Å². The predicted molar refractivity (Wildman–Crippen MR) is 127 cm³/mol. The van der Waals surface area contributed by atoms with Gasteiger partial charge in [0.1, 0.15) is 0 Å². The van der Waals surface area contributed by atoms with Crippen molar-refractivity contribution in [3.63, 3.8) is 0 Å². The van der Waals surface area contributed by atoms with Crippen LogP contribution in [-0.2, 0) is 0 Å². The lowest BCUT2D eigenvalue weighted by molar-refractivity contribution is 0.868. The van der Waals surface area contributed by atoms with Crippen LogP contribution in [0.2, 0.25) is 0 Å². The number of benzene rings is 2. The molecular formula is C26H30N2. The molecule has 0 atom stereocenters. The molecule has 1 N–H and O–H groups in total. The van der Waals surface area contributed by atoms with Gasteiger partial charge in [-0.15, -0.1) is 0 Å². The molecule has 0 saturated heterocycles. The number of nitrogens with one attached hydrogen (secondary N) is 1. The first-order valence-electron chi connectivity index (χ1n) is 9.55. The van der Waals surface area contributed by atoms with Gasteiger partial charge >= 0.3 is 0 Å². The molecule has 0 aromatic heterocycles. The monoisotopic (exact) mass is 370 g/mol. The van der Waals surface area contributed by atoms with Crippen molar-refractivity contribution in [2.24, 2.45) is 4.99 Å². The molecule has 28 heavy (non-hydrogen) atoms. The highest BCUT2D eigenvalue weighted by molar-refractivity contribution is 5.97. The van der Waals surface area contributed by atoms with Gasteiger partial charge in [-0.3, -0.25) is 4.99 Å². The van der Waals surface area contributed by atoms with Gasteiger partial charge in [-0.2, -0.15) is 0 Å². The summed E-state index contributed by atoms with van der Waals surface area (Å²) in [5.41, 5.74) is 8.28. The minimum absolute atomic E-state index is 0.416.